The van der Waals surface area contributed by atoms with Crippen molar-refractivity contribution in [2.24, 2.45) is 0 Å². The summed E-state index contributed by atoms with van der Waals surface area (Å²) in [7, 11) is 0. The number of amides is 1. The van der Waals surface area contributed by atoms with Crippen LogP contribution in [0, 0.1) is 6.92 Å². The minimum Gasteiger partial charge on any atom is -0.302 e. The number of anilines is 1. The van der Waals surface area contributed by atoms with Crippen molar-refractivity contribution in [3.05, 3.63) is 40.9 Å². The molecule has 0 radical (unpaired) electrons. The molecule has 1 N–H and O–H groups in total. The molecule has 5 heteroatoms. The largest absolute Gasteiger partial charge is 0.302 e. The molecule has 0 aliphatic carbocycles. The molecule has 0 atom stereocenters. The summed E-state index contributed by atoms with van der Waals surface area (Å²) in [5.74, 6) is -0.0266. The third-order valence-corrected chi connectivity index (χ3v) is 4.01. The molecule has 1 aromatic carbocycles. The van der Waals surface area contributed by atoms with E-state index >= 15 is 0 Å². The molecule has 3 nitrogen and oxygen atoms in total. The van der Waals surface area contributed by atoms with Gasteiger partial charge in [-0.15, -0.1) is 23.1 Å². The Hall–Kier alpha value is -1.33. The summed E-state index contributed by atoms with van der Waals surface area (Å²) in [6.45, 7) is 1.91. The number of nitrogens with one attached hydrogen (secondary N) is 1. The third-order valence-electron chi connectivity index (χ3n) is 2.39. The van der Waals surface area contributed by atoms with Gasteiger partial charge < -0.3 is 5.32 Å². The molecular weight excluding hydrogens is 264 g/mol. The van der Waals surface area contributed by atoms with E-state index in [4.69, 9.17) is 0 Å². The minimum absolute atomic E-state index is 0.0266. The Morgan fingerprint density at radius 3 is 2.67 bits per heavy atom. The molecule has 18 heavy (non-hydrogen) atoms. The smallest absolute Gasteiger partial charge is 0.230 e. The van der Waals surface area contributed by atoms with Crippen molar-refractivity contribution < 1.29 is 4.79 Å². The fraction of sp³-hybridized carbons (Fsp3) is 0.231. The molecule has 0 aliphatic heterocycles. The normalized spacial score (nSPS) is 10.3. The molecule has 0 bridgehead atoms. The number of nitrogens with zero attached hydrogens (tertiary/aromatic N) is 1. The molecule has 1 aromatic heterocycles. The number of thioether (sulfide) groups is 1. The van der Waals surface area contributed by atoms with E-state index in [1.165, 1.54) is 16.2 Å². The van der Waals surface area contributed by atoms with Gasteiger partial charge in [0, 0.05) is 10.3 Å². The number of hydrogen-bond acceptors (Lipinski definition) is 4. The number of rotatable bonds is 4. The van der Waals surface area contributed by atoms with E-state index in [0.717, 1.165) is 11.3 Å². The van der Waals surface area contributed by atoms with Crippen LogP contribution < -0.4 is 5.32 Å². The maximum Gasteiger partial charge on any atom is 0.230 e. The van der Waals surface area contributed by atoms with Crippen molar-refractivity contribution in [2.45, 2.75) is 18.2 Å². The molecule has 0 saturated heterocycles. The second-order valence-electron chi connectivity index (χ2n) is 3.87. The molecule has 1 heterocycles. The van der Waals surface area contributed by atoms with Crippen molar-refractivity contribution in [1.29, 1.82) is 0 Å². The van der Waals surface area contributed by atoms with Gasteiger partial charge in [-0.25, -0.2) is 4.98 Å². The van der Waals surface area contributed by atoms with E-state index in [2.05, 4.69) is 10.3 Å². The highest BCUT2D eigenvalue weighted by Crippen LogP contribution is 2.17. The van der Waals surface area contributed by atoms with Gasteiger partial charge in [0.05, 0.1) is 12.1 Å². The Morgan fingerprint density at radius 2 is 2.11 bits per heavy atom. The van der Waals surface area contributed by atoms with Crippen LogP contribution in [0.25, 0.3) is 0 Å². The number of carbonyl (C=O) groups is 1. The van der Waals surface area contributed by atoms with E-state index in [9.17, 15) is 4.79 Å². The van der Waals surface area contributed by atoms with Crippen LogP contribution >= 0.6 is 23.1 Å². The molecule has 1 amide bonds. The van der Waals surface area contributed by atoms with Crippen LogP contribution in [0.3, 0.4) is 0 Å². The summed E-state index contributed by atoms with van der Waals surface area (Å²) in [5.41, 5.74) is 1.94. The average Bonchev–Trinajstić information content (AvgIpc) is 2.75. The number of thiazole rings is 1. The van der Waals surface area contributed by atoms with Crippen LogP contribution in [-0.4, -0.2) is 17.1 Å². The van der Waals surface area contributed by atoms with Crippen LogP contribution in [-0.2, 0) is 11.2 Å². The van der Waals surface area contributed by atoms with Gasteiger partial charge >= 0.3 is 0 Å². The monoisotopic (exact) mass is 278 g/mol. The lowest BCUT2D eigenvalue weighted by Crippen LogP contribution is -2.14. The van der Waals surface area contributed by atoms with E-state index in [0.29, 0.717) is 11.6 Å². The minimum atomic E-state index is -0.0266. The summed E-state index contributed by atoms with van der Waals surface area (Å²) in [6, 6.07) is 8.03. The molecule has 0 unspecified atom stereocenters. The first-order valence-electron chi connectivity index (χ1n) is 5.52. The summed E-state index contributed by atoms with van der Waals surface area (Å²) in [5, 5.41) is 5.39. The summed E-state index contributed by atoms with van der Waals surface area (Å²) in [6.07, 6.45) is 2.42. The molecule has 2 aromatic rings. The molecule has 94 valence electrons. The second-order valence-corrected chi connectivity index (χ2v) is 5.60. The topological polar surface area (TPSA) is 42.0 Å². The van der Waals surface area contributed by atoms with Gasteiger partial charge in [0.15, 0.2) is 5.13 Å². The van der Waals surface area contributed by atoms with Crippen LogP contribution in [0.4, 0.5) is 5.13 Å². The number of aryl methyl sites for hydroxylation is 1. The van der Waals surface area contributed by atoms with Gasteiger partial charge in [-0.3, -0.25) is 4.79 Å². The Bertz CT molecular complexity index is 534. The van der Waals surface area contributed by atoms with Crippen molar-refractivity contribution in [3.8, 4) is 0 Å². The van der Waals surface area contributed by atoms with Gasteiger partial charge in [-0.05, 0) is 30.9 Å². The van der Waals surface area contributed by atoms with Crippen molar-refractivity contribution in [1.82, 2.24) is 4.98 Å². The number of aromatic nitrogens is 1. The Labute approximate surface area is 115 Å². The predicted octanol–water partition coefficient (Wildman–Crippen LogP) is 3.35. The fourth-order valence-corrected chi connectivity index (χ4v) is 2.62. The maximum atomic E-state index is 11.8. The highest BCUT2D eigenvalue weighted by Gasteiger charge is 2.06. The van der Waals surface area contributed by atoms with Gasteiger partial charge in [0.25, 0.3) is 0 Å². The molecular formula is C13H14N2OS2. The first-order chi connectivity index (χ1) is 8.67. The van der Waals surface area contributed by atoms with E-state index in [-0.39, 0.29) is 5.91 Å². The first kappa shape index (κ1) is 13.1. The lowest BCUT2D eigenvalue weighted by atomic mass is 10.1. The lowest BCUT2D eigenvalue weighted by molar-refractivity contribution is -0.115. The number of benzene rings is 1. The second kappa shape index (κ2) is 6.02. The zero-order valence-corrected chi connectivity index (χ0v) is 11.9. The fourth-order valence-electron chi connectivity index (χ4n) is 1.50. The van der Waals surface area contributed by atoms with Gasteiger partial charge in [0.1, 0.15) is 0 Å². The molecule has 0 aliphatic rings. The van der Waals surface area contributed by atoms with Crippen LogP contribution in [0.2, 0.25) is 0 Å². The van der Waals surface area contributed by atoms with Crippen LogP contribution in [0.1, 0.15) is 11.3 Å². The molecule has 2 rings (SSSR count). The summed E-state index contributed by atoms with van der Waals surface area (Å²) in [4.78, 5) is 17.2. The Balaban J connectivity index is 1.94. The zero-order valence-electron chi connectivity index (χ0n) is 10.3. The van der Waals surface area contributed by atoms with Crippen LogP contribution in [0.5, 0.6) is 0 Å². The molecule has 0 spiro atoms. The number of hydrogen-bond donors (Lipinski definition) is 1. The first-order valence-corrected chi connectivity index (χ1v) is 7.63. The van der Waals surface area contributed by atoms with Crippen molar-refractivity contribution >= 4 is 34.1 Å². The van der Waals surface area contributed by atoms with E-state index in [1.54, 1.807) is 11.8 Å². The average molecular weight is 278 g/mol. The highest BCUT2D eigenvalue weighted by atomic mass is 32.2. The molecule has 0 fully saturated rings. The quantitative estimate of drug-likeness (QED) is 0.872. The predicted molar refractivity (Wildman–Crippen MR) is 77.4 cm³/mol. The number of carbonyl (C=O) groups excluding carboxylic acids is 1. The zero-order chi connectivity index (χ0) is 13.0. The SMILES string of the molecule is CSc1ccc(CC(=O)Nc2nc(C)cs2)cc1. The van der Waals surface area contributed by atoms with E-state index in [1.807, 2.05) is 42.8 Å². The van der Waals surface area contributed by atoms with Crippen LogP contribution in [0.15, 0.2) is 34.5 Å². The Morgan fingerprint density at radius 1 is 1.39 bits per heavy atom. The maximum absolute atomic E-state index is 11.8. The highest BCUT2D eigenvalue weighted by molar-refractivity contribution is 7.98. The summed E-state index contributed by atoms with van der Waals surface area (Å²) < 4.78 is 0. The van der Waals surface area contributed by atoms with Gasteiger partial charge in [-0.2, -0.15) is 0 Å². The lowest BCUT2D eigenvalue weighted by Gasteiger charge is -2.03. The van der Waals surface area contributed by atoms with Gasteiger partial charge in [-0.1, -0.05) is 12.1 Å². The third kappa shape index (κ3) is 3.58. The van der Waals surface area contributed by atoms with E-state index < -0.39 is 0 Å². The van der Waals surface area contributed by atoms with Crippen molar-refractivity contribution in [3.63, 3.8) is 0 Å². The van der Waals surface area contributed by atoms with Crippen molar-refractivity contribution in [2.75, 3.05) is 11.6 Å². The van der Waals surface area contributed by atoms with Gasteiger partial charge in [0.2, 0.25) is 5.91 Å². The molecule has 0 saturated carbocycles. The Kier molecular flexibility index (Phi) is 4.38. The standard InChI is InChI=1S/C13H14N2OS2/c1-9-8-18-13(14-9)15-12(16)7-10-3-5-11(17-2)6-4-10/h3-6,8H,7H2,1-2H3,(H,14,15,16). The summed E-state index contributed by atoms with van der Waals surface area (Å²) >= 11 is 3.14.